The molecule has 0 bridgehead atoms. The summed E-state index contributed by atoms with van der Waals surface area (Å²) in [5.74, 6) is -0.573. The van der Waals surface area contributed by atoms with Crippen molar-refractivity contribution in [1.29, 1.82) is 0 Å². The van der Waals surface area contributed by atoms with Gasteiger partial charge in [0, 0.05) is 18.0 Å². The summed E-state index contributed by atoms with van der Waals surface area (Å²) in [5.41, 5.74) is -0.696. The van der Waals surface area contributed by atoms with E-state index in [0.29, 0.717) is 5.56 Å². The second-order valence-electron chi connectivity index (χ2n) is 3.46. The van der Waals surface area contributed by atoms with Crippen LogP contribution in [0.3, 0.4) is 0 Å². The maximum atomic E-state index is 12.8. The Balaban J connectivity index is 2.61. The van der Waals surface area contributed by atoms with Crippen LogP contribution in [-0.4, -0.2) is 22.1 Å². The van der Waals surface area contributed by atoms with Crippen LogP contribution in [0.5, 0.6) is 5.88 Å². The Morgan fingerprint density at radius 3 is 2.32 bits per heavy atom. The average molecular weight is 290 g/mol. The maximum Gasteiger partial charge on any atom is 0.424 e. The molecule has 0 aromatic carbocycles. The van der Waals surface area contributed by atoms with Crippen molar-refractivity contribution in [2.45, 2.75) is 6.18 Å². The zero-order valence-corrected chi connectivity index (χ0v) is 10.3. The monoisotopic (exact) mass is 289 g/mol. The Hall–Kier alpha value is -1.89. The molecule has 100 valence electrons. The van der Waals surface area contributed by atoms with Crippen molar-refractivity contribution in [3.8, 4) is 17.3 Å². The lowest BCUT2D eigenvalue weighted by Gasteiger charge is -2.13. The Morgan fingerprint density at radius 2 is 1.79 bits per heavy atom. The van der Waals surface area contributed by atoms with E-state index in [2.05, 4.69) is 19.7 Å². The Bertz CT molecular complexity index is 590. The van der Waals surface area contributed by atoms with Crippen molar-refractivity contribution in [3.63, 3.8) is 0 Å². The largest absolute Gasteiger partial charge is 0.480 e. The third-order valence-corrected chi connectivity index (χ3v) is 2.52. The Morgan fingerprint density at radius 1 is 1.16 bits per heavy atom. The van der Waals surface area contributed by atoms with Crippen molar-refractivity contribution in [2.24, 2.45) is 0 Å². The van der Waals surface area contributed by atoms with Crippen LogP contribution in [0.15, 0.2) is 24.5 Å². The van der Waals surface area contributed by atoms with Gasteiger partial charge in [-0.2, -0.15) is 18.2 Å². The molecule has 0 atom stereocenters. The van der Waals surface area contributed by atoms with Gasteiger partial charge in [-0.3, -0.25) is 4.98 Å². The zero-order chi connectivity index (χ0) is 14.0. The standard InChI is InChI=1S/C11H7ClF3N3O/c1-19-10-7(11(13,14)15)8(12)17-9(18-10)6-2-4-16-5-3-6/h2-5H,1H3. The van der Waals surface area contributed by atoms with Gasteiger partial charge in [0.05, 0.1) is 7.11 Å². The van der Waals surface area contributed by atoms with E-state index in [-0.39, 0.29) is 5.82 Å². The van der Waals surface area contributed by atoms with Crippen LogP contribution in [0.2, 0.25) is 5.15 Å². The van der Waals surface area contributed by atoms with E-state index in [4.69, 9.17) is 11.6 Å². The van der Waals surface area contributed by atoms with Crippen LogP contribution < -0.4 is 4.74 Å². The molecule has 2 rings (SSSR count). The molecule has 0 saturated heterocycles. The third-order valence-electron chi connectivity index (χ3n) is 2.25. The first kappa shape index (κ1) is 13.5. The zero-order valence-electron chi connectivity index (χ0n) is 9.57. The van der Waals surface area contributed by atoms with Gasteiger partial charge in [0.15, 0.2) is 11.4 Å². The van der Waals surface area contributed by atoms with Gasteiger partial charge < -0.3 is 4.74 Å². The summed E-state index contributed by atoms with van der Waals surface area (Å²) < 4.78 is 43.0. The highest BCUT2D eigenvalue weighted by atomic mass is 35.5. The molecule has 0 N–H and O–H groups in total. The summed E-state index contributed by atoms with van der Waals surface area (Å²) >= 11 is 5.58. The van der Waals surface area contributed by atoms with Crippen molar-refractivity contribution in [3.05, 3.63) is 35.2 Å². The maximum absolute atomic E-state index is 12.8. The molecule has 0 saturated carbocycles. The number of rotatable bonds is 2. The molecular formula is C11H7ClF3N3O. The van der Waals surface area contributed by atoms with Crippen LogP contribution in [-0.2, 0) is 6.18 Å². The highest BCUT2D eigenvalue weighted by molar-refractivity contribution is 6.30. The molecule has 0 aliphatic rings. The molecule has 2 aromatic rings. The van der Waals surface area contributed by atoms with Crippen LogP contribution in [0.1, 0.15) is 5.56 Å². The number of pyridine rings is 1. The number of hydrogen-bond donors (Lipinski definition) is 0. The average Bonchev–Trinajstić information content (AvgIpc) is 2.37. The van der Waals surface area contributed by atoms with Gasteiger partial charge in [-0.15, -0.1) is 0 Å². The smallest absolute Gasteiger partial charge is 0.424 e. The normalized spacial score (nSPS) is 11.4. The predicted molar refractivity (Wildman–Crippen MR) is 61.8 cm³/mol. The summed E-state index contributed by atoms with van der Waals surface area (Å²) in [5, 5.41) is -0.703. The lowest BCUT2D eigenvalue weighted by molar-refractivity contribution is -0.139. The second-order valence-corrected chi connectivity index (χ2v) is 3.81. The minimum atomic E-state index is -4.68. The number of methoxy groups -OCH3 is 1. The summed E-state index contributed by atoms with van der Waals surface area (Å²) in [6.45, 7) is 0. The fourth-order valence-electron chi connectivity index (χ4n) is 1.43. The highest BCUT2D eigenvalue weighted by Gasteiger charge is 2.39. The molecule has 19 heavy (non-hydrogen) atoms. The second kappa shape index (κ2) is 5.00. The Labute approximate surface area is 111 Å². The number of halogens is 4. The number of hydrogen-bond acceptors (Lipinski definition) is 4. The van der Waals surface area contributed by atoms with Gasteiger partial charge in [-0.05, 0) is 12.1 Å². The highest BCUT2D eigenvalue weighted by Crippen LogP contribution is 2.40. The Kier molecular flexibility index (Phi) is 3.57. The minimum Gasteiger partial charge on any atom is -0.480 e. The number of nitrogens with zero attached hydrogens (tertiary/aromatic N) is 3. The summed E-state index contributed by atoms with van der Waals surface area (Å²) in [6, 6.07) is 3.11. The van der Waals surface area contributed by atoms with Gasteiger partial charge in [0.2, 0.25) is 5.88 Å². The lowest BCUT2D eigenvalue weighted by atomic mass is 10.2. The topological polar surface area (TPSA) is 47.9 Å². The van der Waals surface area contributed by atoms with Gasteiger partial charge >= 0.3 is 6.18 Å². The van der Waals surface area contributed by atoms with Crippen molar-refractivity contribution in [1.82, 2.24) is 15.0 Å². The van der Waals surface area contributed by atoms with E-state index in [9.17, 15) is 13.2 Å². The molecule has 0 aliphatic carbocycles. The fourth-order valence-corrected chi connectivity index (χ4v) is 1.70. The van der Waals surface area contributed by atoms with E-state index in [1.54, 1.807) is 12.1 Å². The van der Waals surface area contributed by atoms with E-state index in [1.165, 1.54) is 12.4 Å². The molecule has 0 unspecified atom stereocenters. The quantitative estimate of drug-likeness (QED) is 0.797. The van der Waals surface area contributed by atoms with E-state index < -0.39 is 22.8 Å². The molecule has 0 fully saturated rings. The molecule has 2 heterocycles. The molecule has 0 aliphatic heterocycles. The first-order valence-electron chi connectivity index (χ1n) is 5.02. The third kappa shape index (κ3) is 2.76. The lowest BCUT2D eigenvalue weighted by Crippen LogP contribution is -2.11. The van der Waals surface area contributed by atoms with E-state index >= 15 is 0 Å². The first-order chi connectivity index (χ1) is 8.93. The van der Waals surface area contributed by atoms with Crippen molar-refractivity contribution in [2.75, 3.05) is 7.11 Å². The van der Waals surface area contributed by atoms with Crippen LogP contribution in [0.4, 0.5) is 13.2 Å². The molecule has 0 radical (unpaired) electrons. The number of aromatic nitrogens is 3. The minimum absolute atomic E-state index is 0.0391. The molecule has 8 heteroatoms. The van der Waals surface area contributed by atoms with Gasteiger partial charge in [0.25, 0.3) is 0 Å². The van der Waals surface area contributed by atoms with E-state index in [0.717, 1.165) is 7.11 Å². The fraction of sp³-hybridized carbons (Fsp3) is 0.182. The van der Waals surface area contributed by atoms with Crippen molar-refractivity contribution >= 4 is 11.6 Å². The molecule has 4 nitrogen and oxygen atoms in total. The summed E-state index contributed by atoms with van der Waals surface area (Å²) in [7, 11) is 1.09. The predicted octanol–water partition coefficient (Wildman–Crippen LogP) is 3.22. The van der Waals surface area contributed by atoms with Crippen LogP contribution in [0, 0.1) is 0 Å². The molecule has 2 aromatic heterocycles. The van der Waals surface area contributed by atoms with E-state index in [1.807, 2.05) is 0 Å². The SMILES string of the molecule is COc1nc(-c2ccncc2)nc(Cl)c1C(F)(F)F. The summed E-state index contributed by atoms with van der Waals surface area (Å²) in [4.78, 5) is 11.2. The van der Waals surface area contributed by atoms with Crippen molar-refractivity contribution < 1.29 is 17.9 Å². The van der Waals surface area contributed by atoms with Gasteiger partial charge in [-0.25, -0.2) is 4.98 Å². The van der Waals surface area contributed by atoms with Gasteiger partial charge in [-0.1, -0.05) is 11.6 Å². The number of alkyl halides is 3. The molecule has 0 spiro atoms. The first-order valence-corrected chi connectivity index (χ1v) is 5.40. The van der Waals surface area contributed by atoms with Crippen LogP contribution >= 0.6 is 11.6 Å². The van der Waals surface area contributed by atoms with Crippen LogP contribution in [0.25, 0.3) is 11.4 Å². The number of ether oxygens (including phenoxy) is 1. The molecule has 0 amide bonds. The van der Waals surface area contributed by atoms with Gasteiger partial charge in [0.1, 0.15) is 5.15 Å². The summed E-state index contributed by atoms with van der Waals surface area (Å²) in [6.07, 6.45) is -1.74. The molecular weight excluding hydrogens is 283 g/mol.